The van der Waals surface area contributed by atoms with Crippen LogP contribution in [0, 0.1) is 11.6 Å². The van der Waals surface area contributed by atoms with Crippen molar-refractivity contribution in [2.75, 3.05) is 11.4 Å². The zero-order valence-electron chi connectivity index (χ0n) is 13.3. The Morgan fingerprint density at radius 3 is 2.76 bits per heavy atom. The number of thiazole rings is 1. The average molecular weight is 355 g/mol. The monoisotopic (exact) mass is 355 g/mol. The van der Waals surface area contributed by atoms with E-state index >= 15 is 0 Å². The molecular formula is C19H15F2N3S. The summed E-state index contributed by atoms with van der Waals surface area (Å²) in [5, 5.41) is 0. The van der Waals surface area contributed by atoms with Crippen LogP contribution < -0.4 is 4.90 Å². The summed E-state index contributed by atoms with van der Waals surface area (Å²) in [6.07, 6.45) is 4.05. The van der Waals surface area contributed by atoms with Crippen LogP contribution >= 0.6 is 11.3 Å². The van der Waals surface area contributed by atoms with Gasteiger partial charge in [-0.15, -0.1) is 11.3 Å². The van der Waals surface area contributed by atoms with Gasteiger partial charge < -0.3 is 9.80 Å². The Hall–Kier alpha value is -2.47. The molecule has 3 heterocycles. The van der Waals surface area contributed by atoms with E-state index in [0.717, 1.165) is 41.2 Å². The number of allylic oxidation sites excluding steroid dienone is 1. The Bertz CT molecular complexity index is 977. The fourth-order valence-electron chi connectivity index (χ4n) is 3.79. The Morgan fingerprint density at radius 2 is 1.92 bits per heavy atom. The van der Waals surface area contributed by atoms with Crippen molar-refractivity contribution in [1.29, 1.82) is 0 Å². The van der Waals surface area contributed by atoms with Gasteiger partial charge in [-0.3, -0.25) is 0 Å². The first kappa shape index (κ1) is 14.8. The maximum atomic E-state index is 13.8. The van der Waals surface area contributed by atoms with Crippen LogP contribution in [0.2, 0.25) is 0 Å². The van der Waals surface area contributed by atoms with Crippen LogP contribution in [0.1, 0.15) is 24.6 Å². The largest absolute Gasteiger partial charge is 0.349 e. The third-order valence-electron chi connectivity index (χ3n) is 4.85. The molecule has 0 N–H and O–H groups in total. The van der Waals surface area contributed by atoms with Gasteiger partial charge in [0, 0.05) is 30.2 Å². The van der Waals surface area contributed by atoms with Gasteiger partial charge in [0.15, 0.2) is 0 Å². The van der Waals surface area contributed by atoms with E-state index in [1.165, 1.54) is 17.8 Å². The normalized spacial score (nSPS) is 19.6. The summed E-state index contributed by atoms with van der Waals surface area (Å²) in [5.74, 6) is -1.12. The maximum absolute atomic E-state index is 13.8. The lowest BCUT2D eigenvalue weighted by molar-refractivity contribution is 0.319. The maximum Gasteiger partial charge on any atom is 0.132 e. The van der Waals surface area contributed by atoms with Crippen LogP contribution in [0.25, 0.3) is 10.2 Å². The van der Waals surface area contributed by atoms with E-state index in [2.05, 4.69) is 22.0 Å². The fourth-order valence-corrected chi connectivity index (χ4v) is 4.52. The first-order chi connectivity index (χ1) is 12.2. The summed E-state index contributed by atoms with van der Waals surface area (Å²) in [4.78, 5) is 8.63. The Morgan fingerprint density at radius 1 is 1.08 bits per heavy atom. The van der Waals surface area contributed by atoms with E-state index in [9.17, 15) is 8.78 Å². The number of aromatic nitrogens is 1. The van der Waals surface area contributed by atoms with Gasteiger partial charge in [0.25, 0.3) is 0 Å². The second kappa shape index (κ2) is 5.52. The SMILES string of the molecule is Fc1cc(F)cc(N2C=C3CCCN3C2c2ccc3ncsc3c2)c1. The molecule has 3 aromatic rings. The quantitative estimate of drug-likeness (QED) is 0.643. The van der Waals surface area contributed by atoms with Crippen LogP contribution in [-0.2, 0) is 0 Å². The summed E-state index contributed by atoms with van der Waals surface area (Å²) >= 11 is 1.60. The highest BCUT2D eigenvalue weighted by Crippen LogP contribution is 2.43. The molecule has 1 atom stereocenters. The molecule has 126 valence electrons. The van der Waals surface area contributed by atoms with Crippen LogP contribution in [0.3, 0.4) is 0 Å². The summed E-state index contributed by atoms with van der Waals surface area (Å²) in [6.45, 7) is 0.950. The van der Waals surface area contributed by atoms with Crippen molar-refractivity contribution < 1.29 is 8.78 Å². The highest BCUT2D eigenvalue weighted by atomic mass is 32.1. The smallest absolute Gasteiger partial charge is 0.132 e. The zero-order chi connectivity index (χ0) is 17.0. The van der Waals surface area contributed by atoms with Gasteiger partial charge in [-0.05, 0) is 42.7 Å². The minimum Gasteiger partial charge on any atom is -0.349 e. The predicted molar refractivity (Wildman–Crippen MR) is 95.2 cm³/mol. The van der Waals surface area contributed by atoms with Gasteiger partial charge in [-0.1, -0.05) is 6.07 Å². The number of benzene rings is 2. The molecule has 0 amide bonds. The number of nitrogens with zero attached hydrogens (tertiary/aromatic N) is 3. The molecule has 2 aliphatic rings. The second-order valence-corrected chi connectivity index (χ2v) is 7.29. The molecule has 0 aliphatic carbocycles. The Balaban J connectivity index is 1.63. The molecule has 0 saturated carbocycles. The number of rotatable bonds is 2. The van der Waals surface area contributed by atoms with Crippen molar-refractivity contribution in [2.24, 2.45) is 0 Å². The minimum atomic E-state index is -0.558. The van der Waals surface area contributed by atoms with E-state index in [1.54, 1.807) is 11.3 Å². The van der Waals surface area contributed by atoms with Gasteiger partial charge in [0.2, 0.25) is 0 Å². The van der Waals surface area contributed by atoms with Crippen LogP contribution in [0.5, 0.6) is 0 Å². The molecule has 0 radical (unpaired) electrons. The highest BCUT2D eigenvalue weighted by molar-refractivity contribution is 7.16. The summed E-state index contributed by atoms with van der Waals surface area (Å²) in [6, 6.07) is 9.90. The lowest BCUT2D eigenvalue weighted by Gasteiger charge is -2.32. The molecule has 0 bridgehead atoms. The zero-order valence-corrected chi connectivity index (χ0v) is 14.1. The molecule has 1 saturated heterocycles. The molecule has 0 spiro atoms. The number of halogens is 2. The summed E-state index contributed by atoms with van der Waals surface area (Å²) in [7, 11) is 0. The first-order valence-corrected chi connectivity index (χ1v) is 9.12. The van der Waals surface area contributed by atoms with Crippen molar-refractivity contribution in [2.45, 2.75) is 19.0 Å². The van der Waals surface area contributed by atoms with Gasteiger partial charge >= 0.3 is 0 Å². The van der Waals surface area contributed by atoms with Crippen LogP contribution in [-0.4, -0.2) is 16.4 Å². The molecule has 1 unspecified atom stereocenters. The average Bonchev–Trinajstić information content (AvgIpc) is 3.28. The summed E-state index contributed by atoms with van der Waals surface area (Å²) < 4.78 is 28.6. The molecule has 5 rings (SSSR count). The topological polar surface area (TPSA) is 19.4 Å². The second-order valence-electron chi connectivity index (χ2n) is 6.41. The highest BCUT2D eigenvalue weighted by Gasteiger charge is 2.37. The first-order valence-electron chi connectivity index (χ1n) is 8.24. The van der Waals surface area contributed by atoms with Gasteiger partial charge in [-0.2, -0.15) is 0 Å². The summed E-state index contributed by atoms with van der Waals surface area (Å²) in [5.41, 5.74) is 5.68. The number of fused-ring (bicyclic) bond motifs is 2. The molecule has 1 aromatic heterocycles. The molecular weight excluding hydrogens is 340 g/mol. The van der Waals surface area contributed by atoms with Crippen LogP contribution in [0.15, 0.2) is 53.8 Å². The Kier molecular flexibility index (Phi) is 3.28. The predicted octanol–water partition coefficient (Wildman–Crippen LogP) is 5.03. The molecule has 6 heteroatoms. The van der Waals surface area contributed by atoms with Crippen molar-refractivity contribution in [1.82, 2.24) is 9.88 Å². The van der Waals surface area contributed by atoms with Crippen molar-refractivity contribution >= 4 is 27.2 Å². The minimum absolute atomic E-state index is 0.0785. The van der Waals surface area contributed by atoms with E-state index in [4.69, 9.17) is 0 Å². The van der Waals surface area contributed by atoms with E-state index < -0.39 is 11.6 Å². The molecule has 2 aromatic carbocycles. The Labute approximate surface area is 147 Å². The molecule has 3 nitrogen and oxygen atoms in total. The lowest BCUT2D eigenvalue weighted by atomic mass is 10.1. The fraction of sp³-hybridized carbons (Fsp3) is 0.211. The van der Waals surface area contributed by atoms with E-state index in [1.807, 2.05) is 22.7 Å². The molecule has 2 aliphatic heterocycles. The van der Waals surface area contributed by atoms with Crippen LogP contribution in [0.4, 0.5) is 14.5 Å². The molecule has 1 fully saturated rings. The van der Waals surface area contributed by atoms with Gasteiger partial charge in [-0.25, -0.2) is 13.8 Å². The van der Waals surface area contributed by atoms with Crippen molar-refractivity contribution in [3.05, 3.63) is 71.0 Å². The molecule has 25 heavy (non-hydrogen) atoms. The van der Waals surface area contributed by atoms with Crippen molar-refractivity contribution in [3.8, 4) is 0 Å². The third kappa shape index (κ3) is 2.40. The third-order valence-corrected chi connectivity index (χ3v) is 5.64. The van der Waals surface area contributed by atoms with Crippen molar-refractivity contribution in [3.63, 3.8) is 0 Å². The van der Waals surface area contributed by atoms with E-state index in [0.29, 0.717) is 5.69 Å². The number of hydrogen-bond donors (Lipinski definition) is 0. The number of hydrogen-bond acceptors (Lipinski definition) is 4. The number of anilines is 1. The van der Waals surface area contributed by atoms with Gasteiger partial charge in [0.1, 0.15) is 17.8 Å². The standard InChI is InChI=1S/C19H15F2N3S/c20-13-7-14(21)9-16(8-13)24-10-15-2-1-5-23(15)19(24)12-3-4-17-18(6-12)25-11-22-17/h3-4,6-11,19H,1-2,5H2. The lowest BCUT2D eigenvalue weighted by Crippen LogP contribution is -2.30. The van der Waals surface area contributed by atoms with E-state index in [-0.39, 0.29) is 6.17 Å². The van der Waals surface area contributed by atoms with Gasteiger partial charge in [0.05, 0.1) is 15.7 Å².